The molecule has 2 fully saturated rings. The van der Waals surface area contributed by atoms with Crippen molar-refractivity contribution in [3.8, 4) is 0 Å². The number of hydrogen-bond acceptors (Lipinski definition) is 0. The number of hydrogen-bond donors (Lipinski definition) is 0. The van der Waals surface area contributed by atoms with Gasteiger partial charge in [0.1, 0.15) is 0 Å². The summed E-state index contributed by atoms with van der Waals surface area (Å²) in [4.78, 5) is 0. The van der Waals surface area contributed by atoms with Gasteiger partial charge in [-0.05, 0) is 61.2 Å². The fourth-order valence-electron chi connectivity index (χ4n) is 4.93. The Labute approximate surface area is 107 Å². The van der Waals surface area contributed by atoms with Crippen LogP contribution in [0.2, 0.25) is 0 Å². The quantitative estimate of drug-likeness (QED) is 0.504. The first-order chi connectivity index (χ1) is 8.07. The second-order valence-electron chi connectivity index (χ2n) is 7.73. The van der Waals surface area contributed by atoms with Crippen LogP contribution in [0.4, 0.5) is 0 Å². The predicted molar refractivity (Wildman–Crippen MR) is 73.8 cm³/mol. The van der Waals surface area contributed by atoms with E-state index in [4.69, 9.17) is 0 Å². The molecule has 0 bridgehead atoms. The van der Waals surface area contributed by atoms with Crippen LogP contribution in [-0.4, -0.2) is 0 Å². The molecule has 4 unspecified atom stereocenters. The zero-order chi connectivity index (χ0) is 12.0. The van der Waals surface area contributed by atoms with Crippen molar-refractivity contribution in [3.05, 3.63) is 11.6 Å². The summed E-state index contributed by atoms with van der Waals surface area (Å²) in [6.07, 6.45) is 12.9. The third kappa shape index (κ3) is 2.09. The molecule has 96 valence electrons. The molecule has 3 aliphatic rings. The second kappa shape index (κ2) is 4.14. The SMILES string of the molecule is CC1CCCC2C3=CCC(C)(C)CC3CCC12. The van der Waals surface area contributed by atoms with Crippen LogP contribution in [0.15, 0.2) is 11.6 Å². The largest absolute Gasteiger partial charge is 0.0842 e. The highest BCUT2D eigenvalue weighted by Gasteiger charge is 2.42. The van der Waals surface area contributed by atoms with Crippen LogP contribution in [0.3, 0.4) is 0 Å². The van der Waals surface area contributed by atoms with E-state index in [-0.39, 0.29) is 0 Å². The maximum atomic E-state index is 2.66. The number of allylic oxidation sites excluding steroid dienone is 2. The minimum atomic E-state index is 0.571. The average Bonchev–Trinajstić information content (AvgIpc) is 2.27. The molecule has 17 heavy (non-hydrogen) atoms. The molecule has 0 aromatic rings. The molecule has 0 aromatic carbocycles. The molecule has 0 heterocycles. The summed E-state index contributed by atoms with van der Waals surface area (Å²) in [6.45, 7) is 7.41. The summed E-state index contributed by atoms with van der Waals surface area (Å²) in [6, 6.07) is 0. The summed E-state index contributed by atoms with van der Waals surface area (Å²) < 4.78 is 0. The van der Waals surface area contributed by atoms with Crippen molar-refractivity contribution < 1.29 is 0 Å². The van der Waals surface area contributed by atoms with Gasteiger partial charge < -0.3 is 0 Å². The van der Waals surface area contributed by atoms with Crippen LogP contribution in [0.1, 0.15) is 65.7 Å². The molecule has 0 radical (unpaired) electrons. The van der Waals surface area contributed by atoms with Crippen molar-refractivity contribution in [2.24, 2.45) is 29.1 Å². The van der Waals surface area contributed by atoms with Gasteiger partial charge in [0.2, 0.25) is 0 Å². The van der Waals surface area contributed by atoms with Crippen LogP contribution in [-0.2, 0) is 0 Å². The Kier molecular flexibility index (Phi) is 2.88. The molecule has 0 heteroatoms. The van der Waals surface area contributed by atoms with E-state index in [1.54, 1.807) is 0 Å². The number of fused-ring (bicyclic) bond motifs is 3. The molecule has 0 saturated heterocycles. The average molecular weight is 232 g/mol. The van der Waals surface area contributed by atoms with E-state index < -0.39 is 0 Å². The van der Waals surface area contributed by atoms with E-state index in [2.05, 4.69) is 26.8 Å². The van der Waals surface area contributed by atoms with E-state index in [1.165, 1.54) is 44.9 Å². The van der Waals surface area contributed by atoms with Gasteiger partial charge >= 0.3 is 0 Å². The summed E-state index contributed by atoms with van der Waals surface area (Å²) >= 11 is 0. The van der Waals surface area contributed by atoms with Gasteiger partial charge in [-0.15, -0.1) is 0 Å². The topological polar surface area (TPSA) is 0 Å². The lowest BCUT2D eigenvalue weighted by atomic mass is 9.57. The summed E-state index contributed by atoms with van der Waals surface area (Å²) in [5.41, 5.74) is 2.47. The molecule has 0 N–H and O–H groups in total. The van der Waals surface area contributed by atoms with Gasteiger partial charge in [-0.2, -0.15) is 0 Å². The maximum Gasteiger partial charge on any atom is -0.0170 e. The zero-order valence-corrected chi connectivity index (χ0v) is 11.8. The Morgan fingerprint density at radius 1 is 1.12 bits per heavy atom. The van der Waals surface area contributed by atoms with Gasteiger partial charge in [-0.1, -0.05) is 45.3 Å². The Balaban J connectivity index is 1.85. The highest BCUT2D eigenvalue weighted by molar-refractivity contribution is 5.20. The molecule has 0 amide bonds. The summed E-state index contributed by atoms with van der Waals surface area (Å²) in [5.74, 6) is 3.96. The van der Waals surface area contributed by atoms with Crippen molar-refractivity contribution in [2.75, 3.05) is 0 Å². The Bertz CT molecular complexity index is 323. The van der Waals surface area contributed by atoms with Crippen LogP contribution >= 0.6 is 0 Å². The lowest BCUT2D eigenvalue weighted by molar-refractivity contribution is 0.109. The minimum absolute atomic E-state index is 0.571. The van der Waals surface area contributed by atoms with Crippen molar-refractivity contribution in [1.29, 1.82) is 0 Å². The molecule has 3 aliphatic carbocycles. The smallest absolute Gasteiger partial charge is 0.0170 e. The van der Waals surface area contributed by atoms with E-state index in [9.17, 15) is 0 Å². The first kappa shape index (κ1) is 11.8. The Hall–Kier alpha value is -0.260. The van der Waals surface area contributed by atoms with Gasteiger partial charge in [0, 0.05) is 0 Å². The van der Waals surface area contributed by atoms with Gasteiger partial charge in [-0.25, -0.2) is 0 Å². The van der Waals surface area contributed by atoms with E-state index in [1.807, 2.05) is 5.57 Å². The van der Waals surface area contributed by atoms with Crippen LogP contribution in [0, 0.1) is 29.1 Å². The standard InChI is InChI=1S/C17H28/c1-12-5-4-6-16-14(12)8-7-13-11-17(2,3)10-9-15(13)16/h9,12-14,16H,4-8,10-11H2,1-3H3. The van der Waals surface area contributed by atoms with E-state index in [0.717, 1.165) is 23.7 Å². The summed E-state index contributed by atoms with van der Waals surface area (Å²) in [7, 11) is 0. The Morgan fingerprint density at radius 3 is 2.76 bits per heavy atom. The molecular weight excluding hydrogens is 204 g/mol. The van der Waals surface area contributed by atoms with Crippen LogP contribution < -0.4 is 0 Å². The second-order valence-corrected chi connectivity index (χ2v) is 7.73. The third-order valence-corrected chi connectivity index (χ3v) is 5.86. The van der Waals surface area contributed by atoms with Crippen molar-refractivity contribution >= 4 is 0 Å². The van der Waals surface area contributed by atoms with Crippen LogP contribution in [0.25, 0.3) is 0 Å². The molecule has 0 nitrogen and oxygen atoms in total. The lowest BCUT2D eigenvalue weighted by Gasteiger charge is -2.48. The molecule has 0 spiro atoms. The maximum absolute atomic E-state index is 2.66. The third-order valence-electron chi connectivity index (χ3n) is 5.86. The van der Waals surface area contributed by atoms with Gasteiger partial charge in [-0.3, -0.25) is 0 Å². The van der Waals surface area contributed by atoms with E-state index >= 15 is 0 Å². The molecule has 4 atom stereocenters. The van der Waals surface area contributed by atoms with Crippen LogP contribution in [0.5, 0.6) is 0 Å². The summed E-state index contributed by atoms with van der Waals surface area (Å²) in [5, 5.41) is 0. The fraction of sp³-hybridized carbons (Fsp3) is 0.882. The first-order valence-electron chi connectivity index (χ1n) is 7.77. The minimum Gasteiger partial charge on any atom is -0.0842 e. The first-order valence-corrected chi connectivity index (χ1v) is 7.77. The Morgan fingerprint density at radius 2 is 1.94 bits per heavy atom. The molecule has 3 rings (SSSR count). The fourth-order valence-corrected chi connectivity index (χ4v) is 4.93. The zero-order valence-electron chi connectivity index (χ0n) is 11.8. The highest BCUT2D eigenvalue weighted by atomic mass is 14.5. The van der Waals surface area contributed by atoms with Gasteiger partial charge in [0.25, 0.3) is 0 Å². The van der Waals surface area contributed by atoms with Gasteiger partial charge in [0.15, 0.2) is 0 Å². The monoisotopic (exact) mass is 232 g/mol. The highest BCUT2D eigenvalue weighted by Crippen LogP contribution is 2.53. The predicted octanol–water partition coefficient (Wildman–Crippen LogP) is 5.20. The van der Waals surface area contributed by atoms with E-state index in [0.29, 0.717) is 5.41 Å². The molecule has 2 saturated carbocycles. The normalized spacial score (nSPS) is 44.5. The van der Waals surface area contributed by atoms with Gasteiger partial charge in [0.05, 0.1) is 0 Å². The lowest BCUT2D eigenvalue weighted by Crippen LogP contribution is -2.37. The molecule has 0 aliphatic heterocycles. The van der Waals surface area contributed by atoms with Crippen molar-refractivity contribution in [1.82, 2.24) is 0 Å². The molecular formula is C17H28. The van der Waals surface area contributed by atoms with Crippen molar-refractivity contribution in [2.45, 2.75) is 65.7 Å². The number of rotatable bonds is 0. The molecule has 0 aromatic heterocycles. The van der Waals surface area contributed by atoms with Crippen molar-refractivity contribution in [3.63, 3.8) is 0 Å².